The minimum Gasteiger partial charge on any atom is -0.464 e. The number of rotatable bonds is 2. The number of nitrogens with two attached hydrogens (primary N) is 1. The van der Waals surface area contributed by atoms with Crippen molar-refractivity contribution in [2.75, 3.05) is 7.11 Å². The zero-order chi connectivity index (χ0) is 10.8. The number of nitrogens with zero attached hydrogens (tertiary/aromatic N) is 2. The van der Waals surface area contributed by atoms with Gasteiger partial charge in [0, 0.05) is 12.4 Å². The van der Waals surface area contributed by atoms with E-state index in [-0.39, 0.29) is 0 Å². The van der Waals surface area contributed by atoms with Crippen molar-refractivity contribution in [2.45, 2.75) is 5.03 Å². The maximum Gasteiger partial charge on any atom is 0.359 e. The number of hydrogen-bond acceptors (Lipinski definition) is 6. The van der Waals surface area contributed by atoms with Crippen LogP contribution in [0.5, 0.6) is 0 Å². The lowest BCUT2D eigenvalue weighted by atomic mass is 10.4. The molecule has 1 rings (SSSR count). The van der Waals surface area contributed by atoms with Gasteiger partial charge < -0.3 is 4.74 Å². The van der Waals surface area contributed by atoms with E-state index in [1.165, 1.54) is 6.20 Å². The van der Waals surface area contributed by atoms with E-state index in [2.05, 4.69) is 14.7 Å². The number of carbonyl (C=O) groups excluding carboxylic acids is 1. The van der Waals surface area contributed by atoms with Crippen molar-refractivity contribution < 1.29 is 17.9 Å². The second kappa shape index (κ2) is 3.68. The Kier molecular flexibility index (Phi) is 2.77. The van der Waals surface area contributed by atoms with Crippen LogP contribution in [0.4, 0.5) is 0 Å². The summed E-state index contributed by atoms with van der Waals surface area (Å²) in [5.41, 5.74) is -0.419. The van der Waals surface area contributed by atoms with E-state index in [0.717, 1.165) is 13.3 Å². The number of methoxy groups -OCH3 is 1. The third-order valence-electron chi connectivity index (χ3n) is 1.31. The lowest BCUT2D eigenvalue weighted by Gasteiger charge is -2.02. The Balaban J connectivity index is 3.38. The Morgan fingerprint density at radius 3 is 2.50 bits per heavy atom. The molecule has 0 bridgehead atoms. The number of sulfonamides is 1. The average molecular weight is 217 g/mol. The van der Waals surface area contributed by atoms with Crippen LogP contribution in [0.3, 0.4) is 0 Å². The van der Waals surface area contributed by atoms with Gasteiger partial charge in [0.15, 0.2) is 5.69 Å². The first-order valence-electron chi connectivity index (χ1n) is 3.39. The average Bonchev–Trinajstić information content (AvgIpc) is 2.15. The summed E-state index contributed by atoms with van der Waals surface area (Å²) < 4.78 is 26.2. The molecule has 0 aliphatic carbocycles. The van der Waals surface area contributed by atoms with Gasteiger partial charge >= 0.3 is 5.97 Å². The van der Waals surface area contributed by atoms with Gasteiger partial charge in [0.1, 0.15) is 0 Å². The molecule has 0 spiro atoms. The molecular weight excluding hydrogens is 210 g/mol. The first kappa shape index (κ1) is 10.5. The van der Waals surface area contributed by atoms with Gasteiger partial charge in [0.05, 0.1) is 7.11 Å². The number of carbonyl (C=O) groups is 1. The maximum absolute atomic E-state index is 11.0. The fourth-order valence-corrected chi connectivity index (χ4v) is 1.38. The van der Waals surface area contributed by atoms with Crippen LogP contribution in [0.1, 0.15) is 10.5 Å². The normalized spacial score (nSPS) is 11.0. The first-order valence-corrected chi connectivity index (χ1v) is 4.93. The lowest BCUT2D eigenvalue weighted by Crippen LogP contribution is -2.20. The van der Waals surface area contributed by atoms with Gasteiger partial charge in [-0.25, -0.2) is 28.3 Å². The van der Waals surface area contributed by atoms with E-state index in [4.69, 9.17) is 5.14 Å². The van der Waals surface area contributed by atoms with Crippen LogP contribution < -0.4 is 5.14 Å². The zero-order valence-corrected chi connectivity index (χ0v) is 7.98. The van der Waals surface area contributed by atoms with Crippen molar-refractivity contribution in [1.29, 1.82) is 0 Å². The molecule has 0 radical (unpaired) electrons. The SMILES string of the molecule is COC(=O)c1nccnc1S(N)(=O)=O. The molecule has 1 heterocycles. The highest BCUT2D eigenvalue weighted by molar-refractivity contribution is 7.89. The van der Waals surface area contributed by atoms with Crippen LogP contribution in [0.15, 0.2) is 17.4 Å². The van der Waals surface area contributed by atoms with Crippen LogP contribution in [0.2, 0.25) is 0 Å². The van der Waals surface area contributed by atoms with Crippen LogP contribution in [-0.2, 0) is 14.8 Å². The molecule has 1 aromatic heterocycles. The van der Waals surface area contributed by atoms with E-state index in [1.54, 1.807) is 0 Å². The van der Waals surface area contributed by atoms with Gasteiger partial charge in [-0.15, -0.1) is 0 Å². The number of hydrogen-bond donors (Lipinski definition) is 1. The predicted molar refractivity (Wildman–Crippen MR) is 44.7 cm³/mol. The minimum atomic E-state index is -4.06. The quantitative estimate of drug-likeness (QED) is 0.630. The Hall–Kier alpha value is -1.54. The molecule has 0 unspecified atom stereocenters. The van der Waals surface area contributed by atoms with Gasteiger partial charge in [-0.05, 0) is 0 Å². The lowest BCUT2D eigenvalue weighted by molar-refractivity contribution is 0.0588. The molecule has 0 aliphatic rings. The fraction of sp³-hybridized carbons (Fsp3) is 0.167. The number of esters is 1. The molecule has 0 amide bonds. The first-order chi connectivity index (χ1) is 6.46. The second-order valence-electron chi connectivity index (χ2n) is 2.25. The third-order valence-corrected chi connectivity index (χ3v) is 2.15. The molecule has 7 nitrogen and oxygen atoms in total. The predicted octanol–water partition coefficient (Wildman–Crippen LogP) is -1.09. The van der Waals surface area contributed by atoms with Crippen LogP contribution in [0.25, 0.3) is 0 Å². The molecule has 0 saturated carbocycles. The molecule has 76 valence electrons. The van der Waals surface area contributed by atoms with Crippen molar-refractivity contribution >= 4 is 16.0 Å². The summed E-state index contributed by atoms with van der Waals surface area (Å²) in [6.07, 6.45) is 2.28. The van der Waals surface area contributed by atoms with Crippen molar-refractivity contribution in [1.82, 2.24) is 9.97 Å². The maximum atomic E-state index is 11.0. The summed E-state index contributed by atoms with van der Waals surface area (Å²) in [4.78, 5) is 18.0. The molecule has 8 heteroatoms. The Labute approximate surface area is 80.0 Å². The highest BCUT2D eigenvalue weighted by Crippen LogP contribution is 2.07. The number of aromatic nitrogens is 2. The zero-order valence-electron chi connectivity index (χ0n) is 7.17. The van der Waals surface area contributed by atoms with Crippen molar-refractivity contribution in [3.8, 4) is 0 Å². The number of primary sulfonamides is 1. The largest absolute Gasteiger partial charge is 0.464 e. The van der Waals surface area contributed by atoms with Crippen LogP contribution in [0, 0.1) is 0 Å². The topological polar surface area (TPSA) is 112 Å². The van der Waals surface area contributed by atoms with Crippen molar-refractivity contribution in [2.24, 2.45) is 5.14 Å². The van der Waals surface area contributed by atoms with E-state index in [9.17, 15) is 13.2 Å². The molecule has 2 N–H and O–H groups in total. The second-order valence-corrected chi connectivity index (χ2v) is 3.72. The fourth-order valence-electron chi connectivity index (χ4n) is 0.770. The molecule has 0 saturated heterocycles. The summed E-state index contributed by atoms with van der Waals surface area (Å²) in [5.74, 6) is -0.901. The summed E-state index contributed by atoms with van der Waals surface area (Å²) in [6.45, 7) is 0. The smallest absolute Gasteiger partial charge is 0.359 e. The van der Waals surface area contributed by atoms with Crippen molar-refractivity contribution in [3.05, 3.63) is 18.1 Å². The molecule has 1 aromatic rings. The summed E-state index contributed by atoms with van der Waals surface area (Å²) in [7, 11) is -2.96. The molecule has 0 aliphatic heterocycles. The molecule has 14 heavy (non-hydrogen) atoms. The van der Waals surface area contributed by atoms with E-state index >= 15 is 0 Å². The van der Waals surface area contributed by atoms with Crippen molar-refractivity contribution in [3.63, 3.8) is 0 Å². The highest BCUT2D eigenvalue weighted by atomic mass is 32.2. The molecule has 0 fully saturated rings. The third kappa shape index (κ3) is 2.03. The minimum absolute atomic E-state index is 0.419. The van der Waals surface area contributed by atoms with E-state index in [1.807, 2.05) is 0 Å². The summed E-state index contributed by atoms with van der Waals surface area (Å²) in [6, 6.07) is 0. The summed E-state index contributed by atoms with van der Waals surface area (Å²) >= 11 is 0. The van der Waals surface area contributed by atoms with Gasteiger partial charge in [-0.1, -0.05) is 0 Å². The Morgan fingerprint density at radius 2 is 2.00 bits per heavy atom. The van der Waals surface area contributed by atoms with Gasteiger partial charge in [0.2, 0.25) is 5.03 Å². The van der Waals surface area contributed by atoms with Crippen LogP contribution in [-0.4, -0.2) is 31.5 Å². The Morgan fingerprint density at radius 1 is 1.43 bits per heavy atom. The Bertz CT molecular complexity index is 456. The van der Waals surface area contributed by atoms with Crippen LogP contribution >= 0.6 is 0 Å². The highest BCUT2D eigenvalue weighted by Gasteiger charge is 2.22. The van der Waals surface area contributed by atoms with E-state index < -0.39 is 26.7 Å². The van der Waals surface area contributed by atoms with E-state index in [0.29, 0.717) is 0 Å². The standard InChI is InChI=1S/C6H7N3O4S/c1-13-6(10)4-5(14(7,11)12)9-3-2-8-4/h2-3H,1H3,(H2,7,11,12). The molecular formula is C6H7N3O4S. The monoisotopic (exact) mass is 217 g/mol. The van der Waals surface area contributed by atoms with Gasteiger partial charge in [-0.2, -0.15) is 0 Å². The van der Waals surface area contributed by atoms with Gasteiger partial charge in [0.25, 0.3) is 10.0 Å². The summed E-state index contributed by atoms with van der Waals surface area (Å²) in [5, 5.41) is 4.22. The van der Waals surface area contributed by atoms with Gasteiger partial charge in [-0.3, -0.25) is 0 Å². The molecule has 0 atom stereocenters. The molecule has 0 aromatic carbocycles. The number of ether oxygens (including phenoxy) is 1.